The van der Waals surface area contributed by atoms with E-state index in [1.54, 1.807) is 24.8 Å². The van der Waals surface area contributed by atoms with Crippen molar-refractivity contribution in [3.05, 3.63) is 116 Å². The molecule has 0 radical (unpaired) electrons. The maximum Gasteiger partial charge on any atom is 0.242 e. The number of furan rings is 1. The van der Waals surface area contributed by atoms with Crippen LogP contribution in [0.25, 0.3) is 89.4 Å². The minimum absolute atomic E-state index is 0.381. The molecule has 10 nitrogen and oxygen atoms in total. The summed E-state index contributed by atoms with van der Waals surface area (Å²) in [4.78, 5) is 34.1. The number of para-hydroxylation sites is 1. The predicted molar refractivity (Wildman–Crippen MR) is 172 cm³/mol. The lowest BCUT2D eigenvalue weighted by Gasteiger charge is -2.11. The third kappa shape index (κ3) is 3.41. The first-order chi connectivity index (χ1) is 22.3. The van der Waals surface area contributed by atoms with Crippen LogP contribution in [0.15, 0.2) is 120 Å². The van der Waals surface area contributed by atoms with Gasteiger partial charge in [-0.1, -0.05) is 18.2 Å². The van der Waals surface area contributed by atoms with Crippen molar-refractivity contribution in [1.29, 1.82) is 0 Å². The average Bonchev–Trinajstić information content (AvgIpc) is 3.75. The first-order valence-corrected chi connectivity index (χ1v) is 14.4. The second kappa shape index (κ2) is 8.98. The first-order valence-electron chi connectivity index (χ1n) is 14.4. The maximum absolute atomic E-state index is 6.11. The van der Waals surface area contributed by atoms with E-state index in [4.69, 9.17) is 39.3 Å². The largest absolute Gasteiger partial charge is 0.456 e. The molecule has 0 aliphatic heterocycles. The van der Waals surface area contributed by atoms with Crippen molar-refractivity contribution in [2.24, 2.45) is 0 Å². The van der Waals surface area contributed by atoms with Crippen LogP contribution in [0, 0.1) is 0 Å². The van der Waals surface area contributed by atoms with Crippen LogP contribution < -0.4 is 0 Å². The summed E-state index contributed by atoms with van der Waals surface area (Å²) >= 11 is 0. The Bertz CT molecular complexity index is 2550. The summed E-state index contributed by atoms with van der Waals surface area (Å²) < 4.78 is 9.88. The molecule has 10 rings (SSSR count). The van der Waals surface area contributed by atoms with Gasteiger partial charge >= 0.3 is 0 Å². The zero-order valence-corrected chi connectivity index (χ0v) is 23.4. The van der Waals surface area contributed by atoms with Crippen molar-refractivity contribution in [2.45, 2.75) is 0 Å². The summed E-state index contributed by atoms with van der Waals surface area (Å²) in [5.74, 6) is 1.24. The second-order valence-electron chi connectivity index (χ2n) is 10.7. The van der Waals surface area contributed by atoms with Crippen LogP contribution in [-0.4, -0.2) is 44.0 Å². The van der Waals surface area contributed by atoms with Crippen LogP contribution in [0.3, 0.4) is 0 Å². The Hall–Kier alpha value is -6.55. The van der Waals surface area contributed by atoms with Crippen LogP contribution in [0.2, 0.25) is 0 Å². The smallest absolute Gasteiger partial charge is 0.242 e. The van der Waals surface area contributed by atoms with E-state index < -0.39 is 0 Å². The van der Waals surface area contributed by atoms with Crippen LogP contribution in [0.4, 0.5) is 0 Å². The van der Waals surface area contributed by atoms with Crippen LogP contribution >= 0.6 is 0 Å². The van der Waals surface area contributed by atoms with E-state index in [9.17, 15) is 0 Å². The average molecular weight is 582 g/mol. The molecule has 0 bridgehead atoms. The lowest BCUT2D eigenvalue weighted by molar-refractivity contribution is 0.669. The Kier molecular flexibility index (Phi) is 4.78. The Labute approximate surface area is 253 Å². The molecule has 0 fully saturated rings. The molecule has 0 amide bonds. The highest BCUT2D eigenvalue weighted by Gasteiger charge is 2.22. The van der Waals surface area contributed by atoms with Gasteiger partial charge in [0, 0.05) is 62.7 Å². The van der Waals surface area contributed by atoms with Crippen molar-refractivity contribution in [3.8, 4) is 23.3 Å². The molecule has 45 heavy (non-hydrogen) atoms. The molecule has 0 unspecified atom stereocenters. The van der Waals surface area contributed by atoms with Gasteiger partial charge < -0.3 is 4.42 Å². The Balaban J connectivity index is 1.32. The Morgan fingerprint density at radius 3 is 1.42 bits per heavy atom. The van der Waals surface area contributed by atoms with Crippen LogP contribution in [0.5, 0.6) is 0 Å². The van der Waals surface area contributed by atoms with Gasteiger partial charge in [0.15, 0.2) is 5.82 Å². The predicted octanol–water partition coefficient (Wildman–Crippen LogP) is 7.21. The summed E-state index contributed by atoms with van der Waals surface area (Å²) in [6, 6.07) is 29.8. The van der Waals surface area contributed by atoms with E-state index in [0.29, 0.717) is 40.3 Å². The second-order valence-corrected chi connectivity index (χ2v) is 10.7. The molecule has 0 saturated carbocycles. The summed E-state index contributed by atoms with van der Waals surface area (Å²) in [6.45, 7) is 0. The van der Waals surface area contributed by atoms with Gasteiger partial charge in [0.25, 0.3) is 0 Å². The van der Waals surface area contributed by atoms with Gasteiger partial charge in [0.1, 0.15) is 33.8 Å². The minimum atomic E-state index is 0.381. The van der Waals surface area contributed by atoms with E-state index in [1.165, 1.54) is 0 Å². The quantitative estimate of drug-likeness (QED) is 0.215. The van der Waals surface area contributed by atoms with E-state index in [-0.39, 0.29) is 0 Å². The van der Waals surface area contributed by atoms with Crippen molar-refractivity contribution in [2.75, 3.05) is 0 Å². The third-order valence-electron chi connectivity index (χ3n) is 8.22. The van der Waals surface area contributed by atoms with E-state index in [0.717, 1.165) is 49.0 Å². The molecule has 0 saturated heterocycles. The van der Waals surface area contributed by atoms with Gasteiger partial charge in [0.05, 0.1) is 0 Å². The summed E-state index contributed by atoms with van der Waals surface area (Å²) in [6.07, 6.45) is 7.05. The van der Waals surface area contributed by atoms with E-state index in [2.05, 4.69) is 12.1 Å². The molecule has 2 aromatic carbocycles. The molecule has 0 atom stereocenters. The lowest BCUT2D eigenvalue weighted by atomic mass is 10.1. The Morgan fingerprint density at radius 2 is 0.889 bits per heavy atom. The summed E-state index contributed by atoms with van der Waals surface area (Å²) in [5.41, 5.74) is 5.22. The molecule has 0 aliphatic rings. The van der Waals surface area contributed by atoms with E-state index in [1.807, 2.05) is 88.0 Å². The van der Waals surface area contributed by atoms with Crippen molar-refractivity contribution in [1.82, 2.24) is 44.0 Å². The van der Waals surface area contributed by atoms with Gasteiger partial charge in [-0.15, -0.1) is 0 Å². The molecule has 0 aliphatic carbocycles. The topological polar surface area (TPSA) is 113 Å². The van der Waals surface area contributed by atoms with Gasteiger partial charge in [-0.2, -0.15) is 15.0 Å². The van der Waals surface area contributed by atoms with E-state index >= 15 is 0 Å². The molecule has 8 aromatic heterocycles. The zero-order valence-electron chi connectivity index (χ0n) is 23.4. The highest BCUT2D eigenvalue weighted by molar-refractivity contribution is 6.08. The van der Waals surface area contributed by atoms with Crippen LogP contribution in [0.1, 0.15) is 0 Å². The minimum Gasteiger partial charge on any atom is -0.456 e. The summed E-state index contributed by atoms with van der Waals surface area (Å²) in [7, 11) is 0. The highest BCUT2D eigenvalue weighted by Crippen LogP contribution is 2.34. The fourth-order valence-corrected chi connectivity index (χ4v) is 6.27. The van der Waals surface area contributed by atoms with Crippen molar-refractivity contribution in [3.63, 3.8) is 0 Å². The SMILES string of the molecule is c1ccc2c(c1)oc1ccc(-c3nc(-n4c5ncccc5c5cccnc54)nc(-n4c5ncccc5c5cccnc54)n3)cc12. The molecular formula is C35H19N9O. The molecule has 0 N–H and O–H groups in total. The molecule has 0 spiro atoms. The van der Waals surface area contributed by atoms with Gasteiger partial charge in [-0.3, -0.25) is 0 Å². The number of fused-ring (bicyclic) bond motifs is 9. The fourth-order valence-electron chi connectivity index (χ4n) is 6.27. The normalized spacial score (nSPS) is 12.0. The summed E-state index contributed by atoms with van der Waals surface area (Å²) in [5, 5.41) is 5.82. The Morgan fingerprint density at radius 1 is 0.422 bits per heavy atom. The molecule has 210 valence electrons. The van der Waals surface area contributed by atoms with Crippen molar-refractivity contribution < 1.29 is 4.42 Å². The monoisotopic (exact) mass is 581 g/mol. The standard InChI is InChI=1S/C35H19N9O/c1-2-12-27-21(7-1)26-19-20(13-14-28(26)45-27)29-40-34(43-30-22(8-3-15-36-30)23-9-4-16-37-31(23)43)42-35(41-29)44-32-24(10-5-17-38-32)25-11-6-18-39-33(25)44/h1-19H. The zero-order chi connectivity index (χ0) is 29.5. The molecule has 8 heterocycles. The fraction of sp³-hybridized carbons (Fsp3) is 0. The molecule has 10 aromatic rings. The first kappa shape index (κ1) is 24.0. The lowest BCUT2D eigenvalue weighted by Crippen LogP contribution is -2.11. The van der Waals surface area contributed by atoms with Crippen molar-refractivity contribution >= 4 is 66.1 Å². The number of hydrogen-bond acceptors (Lipinski definition) is 8. The maximum atomic E-state index is 6.11. The molecule has 10 heteroatoms. The van der Waals surface area contributed by atoms with Gasteiger partial charge in [0.2, 0.25) is 11.9 Å². The van der Waals surface area contributed by atoms with Gasteiger partial charge in [-0.25, -0.2) is 29.1 Å². The highest BCUT2D eigenvalue weighted by atomic mass is 16.3. The number of hydrogen-bond donors (Lipinski definition) is 0. The number of benzene rings is 2. The molecular weight excluding hydrogens is 562 g/mol. The van der Waals surface area contributed by atoms with Crippen LogP contribution in [-0.2, 0) is 0 Å². The van der Waals surface area contributed by atoms with Gasteiger partial charge in [-0.05, 0) is 72.8 Å². The third-order valence-corrected chi connectivity index (χ3v) is 8.22. The number of rotatable bonds is 3. The number of aromatic nitrogens is 9. The number of pyridine rings is 4. The number of nitrogens with zero attached hydrogens (tertiary/aromatic N) is 9.